The number of aromatic nitrogens is 1. The number of hydrogen-bond acceptors (Lipinski definition) is 3. The van der Waals surface area contributed by atoms with Gasteiger partial charge in [0.25, 0.3) is 0 Å². The highest BCUT2D eigenvalue weighted by atomic mass is 32.1. The Hall–Kier alpha value is -0.910. The fourth-order valence-electron chi connectivity index (χ4n) is 3.36. The zero-order chi connectivity index (χ0) is 13.7. The van der Waals surface area contributed by atoms with Gasteiger partial charge in [-0.25, -0.2) is 4.98 Å². The van der Waals surface area contributed by atoms with Gasteiger partial charge >= 0.3 is 6.18 Å². The highest BCUT2D eigenvalue weighted by Gasteiger charge is 2.51. The van der Waals surface area contributed by atoms with Crippen LogP contribution in [0.5, 0.6) is 0 Å². The van der Waals surface area contributed by atoms with Crippen LogP contribution >= 0.6 is 11.3 Å². The molecule has 3 saturated carbocycles. The maximum atomic E-state index is 12.6. The van der Waals surface area contributed by atoms with Crippen LogP contribution in [0.4, 0.5) is 13.2 Å². The number of halogens is 3. The fourth-order valence-corrected chi connectivity index (χ4v) is 4.48. The third-order valence-electron chi connectivity index (χ3n) is 4.80. The first-order valence-corrected chi connectivity index (χ1v) is 7.27. The summed E-state index contributed by atoms with van der Waals surface area (Å²) in [6.45, 7) is 0. The lowest BCUT2D eigenvalue weighted by Crippen LogP contribution is -2.44. The molecule has 3 fully saturated rings. The lowest BCUT2D eigenvalue weighted by Gasteiger charge is -2.50. The molecular weight excluding hydrogens is 275 g/mol. The molecule has 0 aliphatic heterocycles. The number of fused-ring (bicyclic) bond motifs is 3. The molecule has 1 heterocycles. The number of aldehydes is 1. The molecule has 0 atom stereocenters. The average molecular weight is 289 g/mol. The molecule has 2 bridgehead atoms. The number of rotatable bonds is 2. The second-order valence-corrected chi connectivity index (χ2v) is 6.65. The Bertz CT molecular complexity index is 484. The van der Waals surface area contributed by atoms with E-state index in [1.165, 1.54) is 0 Å². The van der Waals surface area contributed by atoms with Gasteiger partial charge in [-0.1, -0.05) is 0 Å². The molecule has 104 valence electrons. The fraction of sp³-hybridized carbons (Fsp3) is 0.692. The number of carbonyl (C=O) groups is 1. The number of thiazole rings is 1. The van der Waals surface area contributed by atoms with Gasteiger partial charge in [0.05, 0.1) is 5.01 Å². The van der Waals surface area contributed by atoms with Crippen molar-refractivity contribution in [1.29, 1.82) is 0 Å². The molecule has 0 amide bonds. The van der Waals surface area contributed by atoms with Crippen molar-refractivity contribution in [1.82, 2.24) is 4.98 Å². The van der Waals surface area contributed by atoms with Crippen molar-refractivity contribution in [3.63, 3.8) is 0 Å². The second kappa shape index (κ2) is 4.04. The number of alkyl halides is 3. The summed E-state index contributed by atoms with van der Waals surface area (Å²) < 4.78 is 37.9. The standard InChI is InChI=1S/C13H14F3NOS/c14-13(15,16)9-7-19-10(17-9)12-4-1-11(8-18,2-5-12)3-6-12/h7-8H,1-6H2. The summed E-state index contributed by atoms with van der Waals surface area (Å²) in [7, 11) is 0. The maximum absolute atomic E-state index is 12.6. The minimum absolute atomic E-state index is 0.203. The average Bonchev–Trinajstić information content (AvgIpc) is 2.91. The zero-order valence-corrected chi connectivity index (χ0v) is 11.1. The number of hydrogen-bond donors (Lipinski definition) is 0. The van der Waals surface area contributed by atoms with E-state index in [1.54, 1.807) is 0 Å². The minimum Gasteiger partial charge on any atom is -0.303 e. The summed E-state index contributed by atoms with van der Waals surface area (Å²) in [5, 5.41) is 1.72. The molecule has 1 aromatic heterocycles. The van der Waals surface area contributed by atoms with Crippen molar-refractivity contribution in [3.8, 4) is 0 Å². The van der Waals surface area contributed by atoms with E-state index in [4.69, 9.17) is 0 Å². The van der Waals surface area contributed by atoms with Crippen LogP contribution in [0, 0.1) is 5.41 Å². The second-order valence-electron chi connectivity index (χ2n) is 5.80. The lowest BCUT2D eigenvalue weighted by molar-refractivity contribution is -0.140. The van der Waals surface area contributed by atoms with Crippen molar-refractivity contribution in [2.45, 2.75) is 50.1 Å². The van der Waals surface area contributed by atoms with Crippen molar-refractivity contribution in [2.75, 3.05) is 0 Å². The molecule has 0 unspecified atom stereocenters. The van der Waals surface area contributed by atoms with E-state index >= 15 is 0 Å². The highest BCUT2D eigenvalue weighted by molar-refractivity contribution is 7.09. The molecule has 0 saturated heterocycles. The van der Waals surface area contributed by atoms with Crippen LogP contribution in [0.25, 0.3) is 0 Å². The van der Waals surface area contributed by atoms with E-state index in [-0.39, 0.29) is 10.8 Å². The summed E-state index contributed by atoms with van der Waals surface area (Å²) in [5.41, 5.74) is -1.19. The normalized spacial score (nSPS) is 34.5. The Morgan fingerprint density at radius 3 is 2.16 bits per heavy atom. The third kappa shape index (κ3) is 2.00. The van der Waals surface area contributed by atoms with E-state index < -0.39 is 11.9 Å². The molecule has 1 aromatic rings. The summed E-state index contributed by atoms with van der Waals surface area (Å²) in [4.78, 5) is 15.0. The van der Waals surface area contributed by atoms with Crippen LogP contribution in [0.3, 0.4) is 0 Å². The first-order chi connectivity index (χ1) is 8.89. The SMILES string of the molecule is O=CC12CCC(c3nc(C(F)(F)F)cs3)(CC1)CC2. The molecular formula is C13H14F3NOS. The van der Waals surface area contributed by atoms with Crippen molar-refractivity contribution in [3.05, 3.63) is 16.1 Å². The molecule has 3 aliphatic carbocycles. The summed E-state index contributed by atoms with van der Waals surface area (Å²) >= 11 is 1.12. The van der Waals surface area contributed by atoms with Gasteiger partial charge < -0.3 is 4.79 Å². The smallest absolute Gasteiger partial charge is 0.303 e. The predicted octanol–water partition coefficient (Wildman–Crippen LogP) is 3.95. The summed E-state index contributed by atoms with van der Waals surface area (Å²) in [5.74, 6) is 0. The lowest BCUT2D eigenvalue weighted by atomic mass is 9.54. The molecule has 0 N–H and O–H groups in total. The molecule has 0 aromatic carbocycles. The quantitative estimate of drug-likeness (QED) is 0.772. The molecule has 4 rings (SSSR count). The Kier molecular flexibility index (Phi) is 2.78. The Labute approximate surface area is 113 Å². The van der Waals surface area contributed by atoms with Crippen molar-refractivity contribution < 1.29 is 18.0 Å². The maximum Gasteiger partial charge on any atom is 0.434 e. The van der Waals surface area contributed by atoms with Gasteiger partial charge in [-0.05, 0) is 38.5 Å². The largest absolute Gasteiger partial charge is 0.434 e. The number of carbonyl (C=O) groups excluding carboxylic acids is 1. The highest BCUT2D eigenvalue weighted by Crippen LogP contribution is 2.57. The summed E-state index contributed by atoms with van der Waals surface area (Å²) in [6.07, 6.45) is 1.43. The van der Waals surface area contributed by atoms with Gasteiger partial charge in [0.1, 0.15) is 6.29 Å². The van der Waals surface area contributed by atoms with Crippen LogP contribution in [0.15, 0.2) is 5.38 Å². The number of nitrogens with zero attached hydrogens (tertiary/aromatic N) is 1. The van der Waals surface area contributed by atoms with Crippen LogP contribution in [0.2, 0.25) is 0 Å². The molecule has 0 spiro atoms. The molecule has 19 heavy (non-hydrogen) atoms. The Morgan fingerprint density at radius 1 is 1.16 bits per heavy atom. The van der Waals surface area contributed by atoms with Crippen LogP contribution in [0.1, 0.15) is 49.2 Å². The topological polar surface area (TPSA) is 30.0 Å². The van der Waals surface area contributed by atoms with Crippen LogP contribution < -0.4 is 0 Å². The van der Waals surface area contributed by atoms with E-state index in [9.17, 15) is 18.0 Å². The molecule has 3 aliphatic rings. The van der Waals surface area contributed by atoms with Gasteiger partial charge in [0, 0.05) is 16.2 Å². The van der Waals surface area contributed by atoms with Gasteiger partial charge in [0.2, 0.25) is 0 Å². The van der Waals surface area contributed by atoms with E-state index in [2.05, 4.69) is 4.98 Å². The Morgan fingerprint density at radius 2 is 1.74 bits per heavy atom. The van der Waals surface area contributed by atoms with Gasteiger partial charge in [-0.15, -0.1) is 11.3 Å². The monoisotopic (exact) mass is 289 g/mol. The van der Waals surface area contributed by atoms with Crippen LogP contribution in [-0.2, 0) is 16.4 Å². The van der Waals surface area contributed by atoms with Crippen LogP contribution in [-0.4, -0.2) is 11.3 Å². The van der Waals surface area contributed by atoms with Gasteiger partial charge in [-0.3, -0.25) is 0 Å². The van der Waals surface area contributed by atoms with E-state index in [0.29, 0.717) is 5.01 Å². The van der Waals surface area contributed by atoms with Crippen molar-refractivity contribution >= 4 is 17.6 Å². The molecule has 6 heteroatoms. The minimum atomic E-state index is -4.36. The first kappa shape index (κ1) is 13.1. The Balaban J connectivity index is 1.88. The molecule has 0 radical (unpaired) electrons. The summed E-state index contributed by atoms with van der Waals surface area (Å²) in [6, 6.07) is 0. The first-order valence-electron chi connectivity index (χ1n) is 6.39. The van der Waals surface area contributed by atoms with E-state index in [0.717, 1.165) is 61.5 Å². The third-order valence-corrected chi connectivity index (χ3v) is 5.89. The molecule has 2 nitrogen and oxygen atoms in total. The van der Waals surface area contributed by atoms with Gasteiger partial charge in [0.15, 0.2) is 5.69 Å². The zero-order valence-electron chi connectivity index (χ0n) is 10.3. The van der Waals surface area contributed by atoms with Gasteiger partial charge in [-0.2, -0.15) is 13.2 Å². The predicted molar refractivity (Wildman–Crippen MR) is 65.0 cm³/mol. The van der Waals surface area contributed by atoms with Crippen molar-refractivity contribution in [2.24, 2.45) is 5.41 Å². The van der Waals surface area contributed by atoms with E-state index in [1.807, 2.05) is 0 Å².